The van der Waals surface area contributed by atoms with Crippen molar-refractivity contribution in [2.24, 2.45) is 0 Å². The number of nitrogens with one attached hydrogen (secondary N) is 1. The van der Waals surface area contributed by atoms with Crippen molar-refractivity contribution < 1.29 is 13.3 Å². The molecule has 0 amide bonds. The molecule has 1 fully saturated rings. The lowest BCUT2D eigenvalue weighted by Crippen LogP contribution is -2.21. The fourth-order valence-electron chi connectivity index (χ4n) is 1.70. The number of hydrogen-bond donors (Lipinski definition) is 1. The highest BCUT2D eigenvalue weighted by atomic mass is 32.2. The third kappa shape index (κ3) is 2.90. The normalized spacial score (nSPS) is 22.2. The Morgan fingerprint density at radius 3 is 2.71 bits per heavy atom. The summed E-state index contributed by atoms with van der Waals surface area (Å²) >= 11 is 0. The Morgan fingerprint density at radius 2 is 2.24 bits per heavy atom. The maximum atomic E-state index is 11.2. The van der Waals surface area contributed by atoms with E-state index in [9.17, 15) is 18.5 Å². The molecule has 7 nitrogen and oxygen atoms in total. The summed E-state index contributed by atoms with van der Waals surface area (Å²) in [5.41, 5.74) is -0.0883. The van der Waals surface area contributed by atoms with Gasteiger partial charge in [-0.1, -0.05) is 0 Å². The van der Waals surface area contributed by atoms with Gasteiger partial charge in [0.15, 0.2) is 9.84 Å². The molecule has 0 radical (unpaired) electrons. The Balaban J connectivity index is 2.03. The molecular formula is C9H11N3O4S. The van der Waals surface area contributed by atoms with Gasteiger partial charge in [0.1, 0.15) is 12.0 Å². The molecule has 1 aliphatic rings. The quantitative estimate of drug-likeness (QED) is 0.628. The van der Waals surface area contributed by atoms with Crippen LogP contribution in [0.2, 0.25) is 0 Å². The van der Waals surface area contributed by atoms with E-state index in [4.69, 9.17) is 0 Å². The monoisotopic (exact) mass is 257 g/mol. The molecule has 1 aromatic heterocycles. The van der Waals surface area contributed by atoms with E-state index in [1.54, 1.807) is 0 Å². The van der Waals surface area contributed by atoms with Gasteiger partial charge in [0.05, 0.1) is 16.4 Å². The topological polar surface area (TPSA) is 102 Å². The number of anilines is 1. The Hall–Kier alpha value is -1.70. The molecule has 92 valence electrons. The van der Waals surface area contributed by atoms with Crippen LogP contribution in [0.5, 0.6) is 0 Å². The van der Waals surface area contributed by atoms with Crippen LogP contribution in [0, 0.1) is 10.1 Å². The number of nitro groups is 1. The van der Waals surface area contributed by atoms with E-state index >= 15 is 0 Å². The zero-order valence-corrected chi connectivity index (χ0v) is 9.68. The molecule has 2 rings (SSSR count). The lowest BCUT2D eigenvalue weighted by atomic mass is 10.2. The third-order valence-corrected chi connectivity index (χ3v) is 4.31. The lowest BCUT2D eigenvalue weighted by molar-refractivity contribution is -0.385. The van der Waals surface area contributed by atoms with E-state index < -0.39 is 14.8 Å². The fourth-order valence-corrected chi connectivity index (χ4v) is 3.37. The molecule has 0 bridgehead atoms. The van der Waals surface area contributed by atoms with Gasteiger partial charge in [-0.15, -0.1) is 0 Å². The molecular weight excluding hydrogens is 246 g/mol. The van der Waals surface area contributed by atoms with Crippen LogP contribution >= 0.6 is 0 Å². The van der Waals surface area contributed by atoms with E-state index in [1.807, 2.05) is 0 Å². The number of rotatable bonds is 3. The first-order chi connectivity index (χ1) is 7.96. The Bertz CT molecular complexity index is 526. The third-order valence-electron chi connectivity index (χ3n) is 2.54. The largest absolute Gasteiger partial charge is 0.366 e. The van der Waals surface area contributed by atoms with E-state index in [2.05, 4.69) is 10.3 Å². The minimum absolute atomic E-state index is 0.0883. The fraction of sp³-hybridized carbons (Fsp3) is 0.444. The first kappa shape index (κ1) is 11.8. The SMILES string of the molecule is O=[N+]([O-])c1ccc(N[C@H]2CCS(=O)(=O)C2)nc1. The van der Waals surface area contributed by atoms with Gasteiger partial charge in [-0.3, -0.25) is 10.1 Å². The summed E-state index contributed by atoms with van der Waals surface area (Å²) in [5.74, 6) is 0.723. The minimum atomic E-state index is -2.94. The highest BCUT2D eigenvalue weighted by molar-refractivity contribution is 7.91. The van der Waals surface area contributed by atoms with Crippen LogP contribution in [0.4, 0.5) is 11.5 Å². The summed E-state index contributed by atoms with van der Waals surface area (Å²) in [7, 11) is -2.94. The Labute approximate surface area is 97.9 Å². The van der Waals surface area contributed by atoms with E-state index in [0.29, 0.717) is 12.2 Å². The molecule has 1 N–H and O–H groups in total. The second kappa shape index (κ2) is 4.28. The predicted molar refractivity (Wildman–Crippen MR) is 61.6 cm³/mol. The van der Waals surface area contributed by atoms with Crippen molar-refractivity contribution in [2.75, 3.05) is 16.8 Å². The number of hydrogen-bond acceptors (Lipinski definition) is 6. The van der Waals surface area contributed by atoms with Crippen molar-refractivity contribution in [1.82, 2.24) is 4.98 Å². The summed E-state index contributed by atoms with van der Waals surface area (Å²) in [6.07, 6.45) is 1.69. The molecule has 0 aromatic carbocycles. The van der Waals surface area contributed by atoms with Gasteiger partial charge in [-0.2, -0.15) is 0 Å². The van der Waals surface area contributed by atoms with Gasteiger partial charge in [-0.05, 0) is 12.5 Å². The van der Waals surface area contributed by atoms with Crippen LogP contribution in [-0.2, 0) is 9.84 Å². The molecule has 1 aromatic rings. The van der Waals surface area contributed by atoms with Crippen LogP contribution in [0.1, 0.15) is 6.42 Å². The second-order valence-corrected chi connectivity index (χ2v) is 6.13. The zero-order chi connectivity index (χ0) is 12.5. The van der Waals surface area contributed by atoms with Gasteiger partial charge < -0.3 is 5.32 Å². The first-order valence-corrected chi connectivity index (χ1v) is 6.86. The van der Waals surface area contributed by atoms with Crippen molar-refractivity contribution in [2.45, 2.75) is 12.5 Å². The molecule has 0 unspecified atom stereocenters. The zero-order valence-electron chi connectivity index (χ0n) is 8.87. The summed E-state index contributed by atoms with van der Waals surface area (Å²) < 4.78 is 22.4. The molecule has 0 spiro atoms. The number of nitrogens with zero attached hydrogens (tertiary/aromatic N) is 2. The number of sulfone groups is 1. The minimum Gasteiger partial charge on any atom is -0.366 e. The van der Waals surface area contributed by atoms with Crippen LogP contribution in [0.3, 0.4) is 0 Å². The van der Waals surface area contributed by atoms with Gasteiger partial charge in [0.25, 0.3) is 5.69 Å². The number of pyridine rings is 1. The molecule has 17 heavy (non-hydrogen) atoms. The molecule has 1 atom stereocenters. The predicted octanol–water partition coefficient (Wildman–Crippen LogP) is 0.589. The number of aromatic nitrogens is 1. The van der Waals surface area contributed by atoms with E-state index in [0.717, 1.165) is 6.20 Å². The maximum absolute atomic E-state index is 11.2. The van der Waals surface area contributed by atoms with Crippen molar-refractivity contribution in [1.29, 1.82) is 0 Å². The van der Waals surface area contributed by atoms with Gasteiger partial charge in [0.2, 0.25) is 0 Å². The summed E-state index contributed by atoms with van der Waals surface area (Å²) in [6.45, 7) is 0. The van der Waals surface area contributed by atoms with Crippen LogP contribution in [0.15, 0.2) is 18.3 Å². The molecule has 1 saturated heterocycles. The highest BCUT2D eigenvalue weighted by Gasteiger charge is 2.27. The van der Waals surface area contributed by atoms with Crippen molar-refractivity contribution >= 4 is 21.3 Å². The Kier molecular flexibility index (Phi) is 2.97. The molecule has 1 aliphatic heterocycles. The van der Waals surface area contributed by atoms with Gasteiger partial charge in [0, 0.05) is 12.1 Å². The van der Waals surface area contributed by atoms with Crippen LogP contribution < -0.4 is 5.32 Å². The molecule has 0 saturated carbocycles. The van der Waals surface area contributed by atoms with E-state index in [1.165, 1.54) is 12.1 Å². The standard InChI is InChI=1S/C9H11N3O4S/c13-12(14)8-1-2-9(10-5-8)11-7-3-4-17(15,16)6-7/h1-2,5,7H,3-4,6H2,(H,10,11)/t7-/m0/s1. The molecule has 8 heteroatoms. The summed E-state index contributed by atoms with van der Waals surface area (Å²) in [4.78, 5) is 13.7. The van der Waals surface area contributed by atoms with Crippen molar-refractivity contribution in [3.63, 3.8) is 0 Å². The maximum Gasteiger partial charge on any atom is 0.287 e. The van der Waals surface area contributed by atoms with Crippen molar-refractivity contribution in [3.8, 4) is 0 Å². The first-order valence-electron chi connectivity index (χ1n) is 5.04. The average molecular weight is 257 g/mol. The van der Waals surface area contributed by atoms with Crippen LogP contribution in [-0.4, -0.2) is 35.9 Å². The smallest absolute Gasteiger partial charge is 0.287 e. The second-order valence-electron chi connectivity index (χ2n) is 3.90. The van der Waals surface area contributed by atoms with Crippen LogP contribution in [0.25, 0.3) is 0 Å². The summed E-state index contributed by atoms with van der Waals surface area (Å²) in [5, 5.41) is 13.4. The molecule has 0 aliphatic carbocycles. The Morgan fingerprint density at radius 1 is 1.47 bits per heavy atom. The van der Waals surface area contributed by atoms with E-state index in [-0.39, 0.29) is 23.2 Å². The lowest BCUT2D eigenvalue weighted by Gasteiger charge is -2.10. The van der Waals surface area contributed by atoms with Gasteiger partial charge in [-0.25, -0.2) is 13.4 Å². The molecule has 2 heterocycles. The summed E-state index contributed by atoms with van der Waals surface area (Å²) in [6, 6.07) is 2.65. The highest BCUT2D eigenvalue weighted by Crippen LogP contribution is 2.17. The average Bonchev–Trinajstić information content (AvgIpc) is 2.59. The van der Waals surface area contributed by atoms with Gasteiger partial charge >= 0.3 is 0 Å². The van der Waals surface area contributed by atoms with Crippen molar-refractivity contribution in [3.05, 3.63) is 28.4 Å².